The number of hydrogen-bond acceptors (Lipinski definition) is 6. The van der Waals surface area contributed by atoms with Crippen LogP contribution in [0.15, 0.2) is 72.8 Å². The van der Waals surface area contributed by atoms with Crippen molar-refractivity contribution in [2.75, 3.05) is 6.79 Å². The zero-order valence-electron chi connectivity index (χ0n) is 21.7. The zero-order valence-corrected chi connectivity index (χ0v) is 21.7. The fraction of sp³-hybridized carbons (Fsp3) is 0.333. The Morgan fingerprint density at radius 1 is 0.949 bits per heavy atom. The Balaban J connectivity index is 1.36. The third-order valence-corrected chi connectivity index (χ3v) is 7.44. The fourth-order valence-corrected chi connectivity index (χ4v) is 5.45. The first-order chi connectivity index (χ1) is 19.2. The van der Waals surface area contributed by atoms with Crippen molar-refractivity contribution in [1.29, 1.82) is 0 Å². The number of carbonyl (C=O) groups excluding carboxylic acids is 2. The lowest BCUT2D eigenvalue weighted by Gasteiger charge is -2.33. The van der Waals surface area contributed by atoms with Gasteiger partial charge in [0.05, 0.1) is 5.52 Å². The summed E-state index contributed by atoms with van der Waals surface area (Å²) in [7, 11) is 0. The van der Waals surface area contributed by atoms with E-state index in [1.807, 2.05) is 72.8 Å². The molecule has 9 nitrogen and oxygen atoms in total. The Labute approximate surface area is 226 Å². The molecule has 2 aliphatic rings. The van der Waals surface area contributed by atoms with E-state index in [1.165, 1.54) is 6.42 Å². The van der Waals surface area contributed by atoms with E-state index in [-0.39, 0.29) is 37.7 Å². The Hall–Kier alpha value is -4.40. The second kappa shape index (κ2) is 11.1. The topological polar surface area (TPSA) is 98.6 Å². The number of carbonyl (C=O) groups is 2. The molecule has 1 aliphatic carbocycles. The maximum absolute atomic E-state index is 14.1. The van der Waals surface area contributed by atoms with Gasteiger partial charge in [-0.25, -0.2) is 4.68 Å². The molecule has 1 atom stereocenters. The molecule has 2 heterocycles. The number of amides is 2. The van der Waals surface area contributed by atoms with Gasteiger partial charge in [-0.3, -0.25) is 9.59 Å². The minimum absolute atomic E-state index is 0.0505. The van der Waals surface area contributed by atoms with E-state index in [9.17, 15) is 9.59 Å². The van der Waals surface area contributed by atoms with Crippen LogP contribution in [-0.4, -0.2) is 44.5 Å². The van der Waals surface area contributed by atoms with Crippen molar-refractivity contribution in [3.05, 3.63) is 83.9 Å². The maximum Gasteiger partial charge on any atom is 0.247 e. The van der Waals surface area contributed by atoms with E-state index in [2.05, 4.69) is 15.6 Å². The highest BCUT2D eigenvalue weighted by Gasteiger charge is 2.33. The van der Waals surface area contributed by atoms with Crippen molar-refractivity contribution in [1.82, 2.24) is 25.2 Å². The van der Waals surface area contributed by atoms with Crippen LogP contribution >= 0.6 is 0 Å². The van der Waals surface area contributed by atoms with Crippen LogP contribution in [0.5, 0.6) is 11.5 Å². The number of rotatable bonds is 8. The number of hydrogen-bond donors (Lipinski definition) is 1. The van der Waals surface area contributed by atoms with Crippen molar-refractivity contribution in [3.63, 3.8) is 0 Å². The molecule has 1 aromatic heterocycles. The number of para-hydroxylation sites is 1. The predicted octanol–water partition coefficient (Wildman–Crippen LogP) is 4.38. The average molecular weight is 526 g/mol. The minimum Gasteiger partial charge on any atom is -0.454 e. The monoisotopic (exact) mass is 525 g/mol. The molecule has 3 aromatic carbocycles. The molecule has 0 saturated heterocycles. The molecule has 0 bridgehead atoms. The van der Waals surface area contributed by atoms with Crippen molar-refractivity contribution in [2.24, 2.45) is 0 Å². The summed E-state index contributed by atoms with van der Waals surface area (Å²) < 4.78 is 12.6. The number of nitrogens with zero attached hydrogens (tertiary/aromatic N) is 4. The highest BCUT2D eigenvalue weighted by atomic mass is 16.7. The number of nitrogens with one attached hydrogen (secondary N) is 1. The van der Waals surface area contributed by atoms with Crippen molar-refractivity contribution >= 4 is 22.8 Å². The quantitative estimate of drug-likeness (QED) is 0.367. The second-order valence-electron chi connectivity index (χ2n) is 10.1. The Morgan fingerprint density at radius 2 is 1.72 bits per heavy atom. The first kappa shape index (κ1) is 24.9. The van der Waals surface area contributed by atoms with Crippen LogP contribution in [0.3, 0.4) is 0 Å². The van der Waals surface area contributed by atoms with Crippen LogP contribution in [0.25, 0.3) is 11.0 Å². The van der Waals surface area contributed by atoms with Gasteiger partial charge in [-0.05, 0) is 48.2 Å². The molecule has 0 radical (unpaired) electrons. The molecule has 2 amide bonds. The van der Waals surface area contributed by atoms with Gasteiger partial charge in [-0.1, -0.05) is 73.0 Å². The first-order valence-corrected chi connectivity index (χ1v) is 13.5. The van der Waals surface area contributed by atoms with Crippen LogP contribution in [0.4, 0.5) is 0 Å². The molecule has 9 heteroatoms. The van der Waals surface area contributed by atoms with E-state index in [1.54, 1.807) is 9.58 Å². The predicted molar refractivity (Wildman–Crippen MR) is 145 cm³/mol. The molecular formula is C30H31N5O4. The maximum atomic E-state index is 14.1. The number of benzene rings is 3. The molecule has 1 saturated carbocycles. The van der Waals surface area contributed by atoms with Gasteiger partial charge in [0.1, 0.15) is 18.1 Å². The van der Waals surface area contributed by atoms with Gasteiger partial charge in [-0.2, -0.15) is 0 Å². The average Bonchev–Trinajstić information content (AvgIpc) is 3.61. The third-order valence-electron chi connectivity index (χ3n) is 7.44. The summed E-state index contributed by atoms with van der Waals surface area (Å²) in [5, 5.41) is 11.7. The first-order valence-electron chi connectivity index (χ1n) is 13.5. The van der Waals surface area contributed by atoms with Gasteiger partial charge < -0.3 is 19.7 Å². The summed E-state index contributed by atoms with van der Waals surface area (Å²) in [6.45, 7) is 0.322. The largest absolute Gasteiger partial charge is 0.454 e. The minimum atomic E-state index is -0.819. The molecule has 0 spiro atoms. The van der Waals surface area contributed by atoms with E-state index in [0.29, 0.717) is 17.0 Å². The van der Waals surface area contributed by atoms with E-state index >= 15 is 0 Å². The molecular weight excluding hydrogens is 494 g/mol. The molecule has 6 rings (SSSR count). The molecule has 1 N–H and O–H groups in total. The normalized spacial score (nSPS) is 15.7. The van der Waals surface area contributed by atoms with Gasteiger partial charge in [-0.15, -0.1) is 5.10 Å². The van der Waals surface area contributed by atoms with Crippen LogP contribution in [0.1, 0.15) is 49.3 Å². The summed E-state index contributed by atoms with van der Waals surface area (Å²) >= 11 is 0. The van der Waals surface area contributed by atoms with Gasteiger partial charge >= 0.3 is 0 Å². The third kappa shape index (κ3) is 5.43. The van der Waals surface area contributed by atoms with Crippen LogP contribution in [0, 0.1) is 0 Å². The summed E-state index contributed by atoms with van der Waals surface area (Å²) in [5.74, 6) is 0.882. The van der Waals surface area contributed by atoms with Crippen LogP contribution in [0.2, 0.25) is 0 Å². The number of ether oxygens (including phenoxy) is 2. The Kier molecular flexibility index (Phi) is 7.12. The molecule has 1 fully saturated rings. The van der Waals surface area contributed by atoms with Gasteiger partial charge in [0, 0.05) is 12.6 Å². The number of aromatic nitrogens is 3. The summed E-state index contributed by atoms with van der Waals surface area (Å²) in [4.78, 5) is 29.7. The SMILES string of the molecule is O=C(NC1CCCCC1)[C@@H](c1ccccc1)N(Cc1ccc2c(c1)OCO2)C(=O)Cn1nnc2ccccc21. The van der Waals surface area contributed by atoms with E-state index in [4.69, 9.17) is 9.47 Å². The summed E-state index contributed by atoms with van der Waals surface area (Å²) in [6, 6.07) is 21.9. The summed E-state index contributed by atoms with van der Waals surface area (Å²) in [5.41, 5.74) is 3.06. The van der Waals surface area contributed by atoms with E-state index in [0.717, 1.165) is 42.3 Å². The highest BCUT2D eigenvalue weighted by molar-refractivity contribution is 5.89. The zero-order chi connectivity index (χ0) is 26.6. The Bertz CT molecular complexity index is 1460. The molecule has 200 valence electrons. The molecule has 4 aromatic rings. The molecule has 0 unspecified atom stereocenters. The van der Waals surface area contributed by atoms with Gasteiger partial charge in [0.2, 0.25) is 18.6 Å². The summed E-state index contributed by atoms with van der Waals surface area (Å²) in [6.07, 6.45) is 5.29. The lowest BCUT2D eigenvalue weighted by molar-refractivity contribution is -0.142. The molecule has 39 heavy (non-hydrogen) atoms. The fourth-order valence-electron chi connectivity index (χ4n) is 5.45. The smallest absolute Gasteiger partial charge is 0.247 e. The lowest BCUT2D eigenvalue weighted by atomic mass is 9.94. The second-order valence-corrected chi connectivity index (χ2v) is 10.1. The van der Waals surface area contributed by atoms with Crippen LogP contribution < -0.4 is 14.8 Å². The standard InChI is InChI=1S/C30H31N5O4/c36-28(19-35-25-14-8-7-13-24(25)32-33-35)34(18-21-15-16-26-27(17-21)39-20-38-26)29(22-9-3-1-4-10-22)30(37)31-23-11-5-2-6-12-23/h1,3-4,7-10,13-17,23,29H,2,5-6,11-12,18-20H2,(H,31,37)/t29-/m1/s1. The van der Waals surface area contributed by atoms with Gasteiger partial charge in [0.25, 0.3) is 0 Å². The van der Waals surface area contributed by atoms with E-state index < -0.39 is 6.04 Å². The van der Waals surface area contributed by atoms with Crippen molar-refractivity contribution < 1.29 is 19.1 Å². The highest BCUT2D eigenvalue weighted by Crippen LogP contribution is 2.34. The lowest BCUT2D eigenvalue weighted by Crippen LogP contribution is -2.47. The van der Waals surface area contributed by atoms with Gasteiger partial charge in [0.15, 0.2) is 11.5 Å². The van der Waals surface area contributed by atoms with Crippen molar-refractivity contribution in [3.8, 4) is 11.5 Å². The van der Waals surface area contributed by atoms with Crippen LogP contribution in [-0.2, 0) is 22.7 Å². The molecule has 1 aliphatic heterocycles. The van der Waals surface area contributed by atoms with Crippen molar-refractivity contribution in [2.45, 2.75) is 57.3 Å². The Morgan fingerprint density at radius 3 is 2.56 bits per heavy atom. The number of fused-ring (bicyclic) bond motifs is 2.